The fraction of sp³-hybridized carbons (Fsp3) is 0.300. The van der Waals surface area contributed by atoms with Crippen LogP contribution in [0.15, 0.2) is 27.6 Å². The zero-order valence-corrected chi connectivity index (χ0v) is 11.5. The lowest BCUT2D eigenvalue weighted by Gasteiger charge is -2.34. The first-order chi connectivity index (χ1) is 8.32. The van der Waals surface area contributed by atoms with Gasteiger partial charge in [0.1, 0.15) is 0 Å². The first-order valence-corrected chi connectivity index (χ1v) is 7.26. The van der Waals surface area contributed by atoms with Crippen LogP contribution in [0.4, 0.5) is 0 Å². The molecule has 0 radical (unpaired) electrons. The number of rotatable bonds is 3. The number of benzene rings is 1. The number of carboxylic acids is 1. The summed E-state index contributed by atoms with van der Waals surface area (Å²) in [5.74, 6) is -1.13. The van der Waals surface area contributed by atoms with Crippen LogP contribution in [0.25, 0.3) is 0 Å². The van der Waals surface area contributed by atoms with E-state index in [4.69, 9.17) is 10.2 Å². The molecule has 0 unspecified atom stereocenters. The minimum absolute atomic E-state index is 0.000556. The summed E-state index contributed by atoms with van der Waals surface area (Å²) in [6.07, 6.45) is -0.628. The van der Waals surface area contributed by atoms with Gasteiger partial charge < -0.3 is 10.2 Å². The highest BCUT2D eigenvalue weighted by atomic mass is 79.9. The van der Waals surface area contributed by atoms with Crippen molar-refractivity contribution in [3.63, 3.8) is 0 Å². The van der Waals surface area contributed by atoms with E-state index in [1.807, 2.05) is 0 Å². The SMILES string of the molecule is O=C(O)c1ccc(S(=O)(=O)N2CC(O)C2)c(Br)c1. The van der Waals surface area contributed by atoms with Crippen molar-refractivity contribution >= 4 is 31.9 Å². The Bertz CT molecular complexity index is 594. The van der Waals surface area contributed by atoms with Gasteiger partial charge in [-0.3, -0.25) is 0 Å². The molecule has 1 aromatic rings. The molecule has 18 heavy (non-hydrogen) atoms. The lowest BCUT2D eigenvalue weighted by molar-refractivity contribution is 0.0547. The highest BCUT2D eigenvalue weighted by Gasteiger charge is 2.36. The van der Waals surface area contributed by atoms with Gasteiger partial charge in [-0.15, -0.1) is 0 Å². The van der Waals surface area contributed by atoms with Gasteiger partial charge in [-0.05, 0) is 34.1 Å². The maximum Gasteiger partial charge on any atom is 0.335 e. The summed E-state index contributed by atoms with van der Waals surface area (Å²) in [5.41, 5.74) is 0.00414. The molecule has 1 aliphatic heterocycles. The van der Waals surface area contributed by atoms with E-state index in [1.54, 1.807) is 0 Å². The molecule has 0 saturated carbocycles. The highest BCUT2D eigenvalue weighted by Crippen LogP contribution is 2.28. The molecule has 0 spiro atoms. The van der Waals surface area contributed by atoms with E-state index in [2.05, 4.69) is 15.9 Å². The van der Waals surface area contributed by atoms with E-state index < -0.39 is 22.1 Å². The lowest BCUT2D eigenvalue weighted by Crippen LogP contribution is -2.53. The molecule has 0 atom stereocenters. The molecule has 2 rings (SSSR count). The first kappa shape index (κ1) is 13.5. The van der Waals surface area contributed by atoms with Crippen molar-refractivity contribution in [2.24, 2.45) is 0 Å². The normalized spacial score (nSPS) is 17.4. The maximum absolute atomic E-state index is 12.1. The predicted octanol–water partition coefficient (Wildman–Crippen LogP) is 0.512. The quantitative estimate of drug-likeness (QED) is 0.839. The Balaban J connectivity index is 2.37. The molecular weight excluding hydrogens is 326 g/mol. The zero-order chi connectivity index (χ0) is 13.5. The number of carbonyl (C=O) groups is 1. The molecule has 1 heterocycles. The Hall–Kier alpha value is -0.960. The topological polar surface area (TPSA) is 94.9 Å². The summed E-state index contributed by atoms with van der Waals surface area (Å²) in [5, 5.41) is 17.9. The van der Waals surface area contributed by atoms with Crippen molar-refractivity contribution < 1.29 is 23.4 Å². The number of aromatic carboxylic acids is 1. The Morgan fingerprint density at radius 1 is 1.39 bits per heavy atom. The van der Waals surface area contributed by atoms with Crippen molar-refractivity contribution in [3.05, 3.63) is 28.2 Å². The average molecular weight is 336 g/mol. The number of aliphatic hydroxyl groups is 1. The van der Waals surface area contributed by atoms with E-state index in [0.29, 0.717) is 0 Å². The second-order valence-corrected chi connectivity index (χ2v) is 6.69. The number of sulfonamides is 1. The Morgan fingerprint density at radius 3 is 2.44 bits per heavy atom. The Kier molecular flexibility index (Phi) is 3.45. The monoisotopic (exact) mass is 335 g/mol. The van der Waals surface area contributed by atoms with Crippen LogP contribution in [0.3, 0.4) is 0 Å². The third kappa shape index (κ3) is 2.28. The summed E-state index contributed by atoms with van der Waals surface area (Å²) in [7, 11) is -3.67. The van der Waals surface area contributed by atoms with Crippen molar-refractivity contribution in [1.82, 2.24) is 4.31 Å². The fourth-order valence-corrected chi connectivity index (χ4v) is 4.15. The van der Waals surface area contributed by atoms with Crippen LogP contribution in [-0.2, 0) is 10.0 Å². The largest absolute Gasteiger partial charge is 0.478 e. The average Bonchev–Trinajstić information content (AvgIpc) is 2.24. The third-order valence-corrected chi connectivity index (χ3v) is 5.43. The van der Waals surface area contributed by atoms with Gasteiger partial charge in [0.2, 0.25) is 10.0 Å². The van der Waals surface area contributed by atoms with E-state index >= 15 is 0 Å². The molecule has 98 valence electrons. The number of β-amino-alcohol motifs (C(OH)–C–C–N with tert-alkyl or cyclic N) is 1. The molecule has 1 fully saturated rings. The Morgan fingerprint density at radius 2 is 2.00 bits per heavy atom. The van der Waals surface area contributed by atoms with Gasteiger partial charge in [0.25, 0.3) is 0 Å². The van der Waals surface area contributed by atoms with Crippen LogP contribution in [0.1, 0.15) is 10.4 Å². The summed E-state index contributed by atoms with van der Waals surface area (Å²) in [4.78, 5) is 10.7. The van der Waals surface area contributed by atoms with Gasteiger partial charge in [0.05, 0.1) is 16.6 Å². The number of carboxylic acid groups (broad SMARTS) is 1. The smallest absolute Gasteiger partial charge is 0.335 e. The second kappa shape index (κ2) is 4.61. The lowest BCUT2D eigenvalue weighted by atomic mass is 10.2. The van der Waals surface area contributed by atoms with E-state index in [-0.39, 0.29) is 28.0 Å². The first-order valence-electron chi connectivity index (χ1n) is 5.03. The number of hydrogen-bond donors (Lipinski definition) is 2. The predicted molar refractivity (Wildman–Crippen MR) is 65.9 cm³/mol. The van der Waals surface area contributed by atoms with Crippen molar-refractivity contribution in [1.29, 1.82) is 0 Å². The van der Waals surface area contributed by atoms with E-state index in [1.165, 1.54) is 18.2 Å². The van der Waals surface area contributed by atoms with Gasteiger partial charge in [-0.1, -0.05) is 0 Å². The second-order valence-electron chi connectivity index (χ2n) is 3.93. The molecule has 1 aromatic carbocycles. The van der Waals surface area contributed by atoms with Gasteiger partial charge in [0.15, 0.2) is 0 Å². The summed E-state index contributed by atoms with van der Waals surface area (Å²) in [6.45, 7) is 0.130. The summed E-state index contributed by atoms with van der Waals surface area (Å²) < 4.78 is 25.5. The standard InChI is InChI=1S/C10H10BrNO5S/c11-8-3-6(10(14)15)1-2-9(8)18(16,17)12-4-7(13)5-12/h1-3,7,13H,4-5H2,(H,14,15). The number of aliphatic hydroxyl groups excluding tert-OH is 1. The molecule has 0 amide bonds. The van der Waals surface area contributed by atoms with Crippen molar-refractivity contribution in [3.8, 4) is 0 Å². The summed E-state index contributed by atoms with van der Waals surface area (Å²) >= 11 is 3.06. The fourth-order valence-electron chi connectivity index (χ4n) is 1.60. The van der Waals surface area contributed by atoms with Gasteiger partial charge >= 0.3 is 5.97 Å². The minimum Gasteiger partial charge on any atom is -0.478 e. The molecule has 6 nitrogen and oxygen atoms in total. The number of nitrogens with zero attached hydrogens (tertiary/aromatic N) is 1. The molecule has 8 heteroatoms. The third-order valence-electron chi connectivity index (χ3n) is 2.63. The van der Waals surface area contributed by atoms with Crippen LogP contribution in [0.5, 0.6) is 0 Å². The molecule has 0 bridgehead atoms. The van der Waals surface area contributed by atoms with Gasteiger partial charge in [-0.25, -0.2) is 13.2 Å². The van der Waals surface area contributed by atoms with Gasteiger partial charge in [0, 0.05) is 17.6 Å². The van der Waals surface area contributed by atoms with Gasteiger partial charge in [-0.2, -0.15) is 4.31 Å². The number of hydrogen-bond acceptors (Lipinski definition) is 4. The summed E-state index contributed by atoms with van der Waals surface area (Å²) in [6, 6.07) is 3.72. The van der Waals surface area contributed by atoms with Crippen LogP contribution >= 0.6 is 15.9 Å². The molecule has 1 saturated heterocycles. The van der Waals surface area contributed by atoms with Crippen molar-refractivity contribution in [2.75, 3.05) is 13.1 Å². The van der Waals surface area contributed by atoms with Crippen LogP contribution in [-0.4, -0.2) is 48.1 Å². The van der Waals surface area contributed by atoms with E-state index in [0.717, 1.165) is 4.31 Å². The molecule has 1 aliphatic rings. The molecular formula is C10H10BrNO5S. The molecule has 2 N–H and O–H groups in total. The number of halogens is 1. The zero-order valence-electron chi connectivity index (χ0n) is 9.08. The molecule has 0 aliphatic carbocycles. The van der Waals surface area contributed by atoms with E-state index in [9.17, 15) is 13.2 Å². The Labute approximate surface area is 112 Å². The van der Waals surface area contributed by atoms with Crippen LogP contribution < -0.4 is 0 Å². The molecule has 0 aromatic heterocycles. The van der Waals surface area contributed by atoms with Crippen LogP contribution in [0, 0.1) is 0 Å². The maximum atomic E-state index is 12.1. The van der Waals surface area contributed by atoms with Crippen molar-refractivity contribution in [2.45, 2.75) is 11.0 Å². The minimum atomic E-state index is -3.67. The van der Waals surface area contributed by atoms with Crippen LogP contribution in [0.2, 0.25) is 0 Å². The highest BCUT2D eigenvalue weighted by molar-refractivity contribution is 9.10.